The average molecular weight is 956 g/mol. The molecule has 0 aliphatic carbocycles. The fraction of sp³-hybridized carbons (Fsp3) is 0.444. The van der Waals surface area contributed by atoms with Crippen LogP contribution in [0.5, 0.6) is 0 Å². The van der Waals surface area contributed by atoms with Crippen LogP contribution in [0.4, 0.5) is 8.78 Å². The zero-order chi connectivity index (χ0) is 42.3. The van der Waals surface area contributed by atoms with Gasteiger partial charge >= 0.3 is 35.9 Å². The quantitative estimate of drug-likeness (QED) is 0.0758. The van der Waals surface area contributed by atoms with Crippen LogP contribution in [0.15, 0.2) is 65.4 Å². The molecule has 0 saturated carbocycles. The van der Waals surface area contributed by atoms with Gasteiger partial charge in [0.05, 0.1) is 6.42 Å². The molecule has 2 heterocycles. The van der Waals surface area contributed by atoms with E-state index in [9.17, 15) is 18.4 Å². The van der Waals surface area contributed by atoms with Crippen LogP contribution in [-0.2, 0) is 54.7 Å². The van der Waals surface area contributed by atoms with E-state index in [0.717, 1.165) is 56.3 Å². The van der Waals surface area contributed by atoms with Gasteiger partial charge < -0.3 is 9.47 Å². The second kappa shape index (κ2) is 24.7. The molecule has 2 aromatic heterocycles. The van der Waals surface area contributed by atoms with Gasteiger partial charge in [-0.15, -0.1) is 0 Å². The molecule has 0 aliphatic rings. The van der Waals surface area contributed by atoms with E-state index in [-0.39, 0.29) is 25.7 Å². The zero-order valence-corrected chi connectivity index (χ0v) is 40.6. The van der Waals surface area contributed by atoms with Gasteiger partial charge in [0.2, 0.25) is 11.9 Å². The topological polar surface area (TPSA) is 78.4 Å². The molecule has 304 valence electrons. The molecule has 0 amide bonds. The Morgan fingerprint density at radius 1 is 0.732 bits per heavy atom. The molecule has 0 N–H and O–H groups in total. The van der Waals surface area contributed by atoms with Crippen molar-refractivity contribution in [3.8, 4) is 22.3 Å². The van der Waals surface area contributed by atoms with Crippen molar-refractivity contribution in [3.05, 3.63) is 112 Å². The van der Waals surface area contributed by atoms with Crippen LogP contribution in [0.25, 0.3) is 22.3 Å². The van der Waals surface area contributed by atoms with E-state index in [1.807, 2.05) is 32.9 Å². The number of pyridine rings is 2. The van der Waals surface area contributed by atoms with Crippen molar-refractivity contribution in [2.45, 2.75) is 133 Å². The Balaban J connectivity index is 0.000000883. The molecular weight excluding hydrogens is 896 g/mol. The summed E-state index contributed by atoms with van der Waals surface area (Å²) in [6, 6.07) is 15.0. The second-order valence-corrected chi connectivity index (χ2v) is 16.2. The summed E-state index contributed by atoms with van der Waals surface area (Å²) in [6.45, 7) is 26.8. The number of aryl methyl sites for hydroxylation is 2. The van der Waals surface area contributed by atoms with E-state index in [1.54, 1.807) is 26.8 Å². The van der Waals surface area contributed by atoms with Crippen LogP contribution < -0.4 is 0 Å². The number of aromatic nitrogens is 2. The number of benzene rings is 2. The number of rotatable bonds is 8. The van der Waals surface area contributed by atoms with E-state index in [2.05, 4.69) is 111 Å². The van der Waals surface area contributed by atoms with Crippen LogP contribution in [0.1, 0.15) is 130 Å². The fourth-order valence-corrected chi connectivity index (χ4v) is 6.39. The van der Waals surface area contributed by atoms with Crippen molar-refractivity contribution in [1.82, 2.24) is 9.97 Å². The first kappa shape index (κ1) is 53.0. The molecule has 2 aromatic carbocycles. The second-order valence-electron chi connectivity index (χ2n) is 15.4. The Bertz CT molecular complexity index is 1860. The third-order valence-corrected chi connectivity index (χ3v) is 8.69. The van der Waals surface area contributed by atoms with E-state index in [0.29, 0.717) is 5.92 Å². The molecule has 4 rings (SSSR count). The van der Waals surface area contributed by atoms with Crippen molar-refractivity contribution in [3.63, 3.8) is 0 Å². The average Bonchev–Trinajstić information content (AvgIpc) is 3.07. The molecule has 0 bridgehead atoms. The van der Waals surface area contributed by atoms with Crippen molar-refractivity contribution in [1.29, 1.82) is 0 Å². The Hall–Kier alpha value is -3.01. The summed E-state index contributed by atoms with van der Waals surface area (Å²) in [7, 11) is 0. The summed E-state index contributed by atoms with van der Waals surface area (Å²) >= 11 is 7.91. The first-order valence-electron chi connectivity index (χ1n) is 18.3. The maximum absolute atomic E-state index is 13.7. The standard InChI is InChI=1S/C22H28FNO2.C16H17BrFN.C6H11O2.CH4.BrH.Zn/c1-7-15-10-17(14(2)3)19(13-21(25)26-22(4,5)6)18(11-15)16-8-9-24-20(23)12-16;1-4-11-7-13(10(2)3)16(17)14(8-11)12-5-6-19-15(18)9-12;1-5(7)8-6(2,3)4;;;/h8-12,14H,7,13H2,1-6H3;5-10H,4H2,1-3H3;1H2,2-4H3;1H4;1H;/q;;-1;;;+2/p-1. The monoisotopic (exact) mass is 952 g/mol. The summed E-state index contributed by atoms with van der Waals surface area (Å²) in [5.74, 6) is -1.07. The van der Waals surface area contributed by atoms with Crippen molar-refractivity contribution >= 4 is 41.5 Å². The van der Waals surface area contributed by atoms with Crippen LogP contribution in [-0.4, -0.2) is 33.1 Å². The Kier molecular flexibility index (Phi) is 23.4. The molecular formula is C45H60Br2F2N2O4Zn. The minimum absolute atomic E-state index is 0. The normalized spacial score (nSPS) is 10.9. The van der Waals surface area contributed by atoms with Gasteiger partial charge in [-0.2, -0.15) is 8.78 Å². The van der Waals surface area contributed by atoms with Crippen LogP contribution in [0.3, 0.4) is 0 Å². The summed E-state index contributed by atoms with van der Waals surface area (Å²) in [6.07, 6.45) is 4.95. The Morgan fingerprint density at radius 2 is 1.14 bits per heavy atom. The third-order valence-electron chi connectivity index (χ3n) is 7.80. The number of ether oxygens (including phenoxy) is 2. The van der Waals surface area contributed by atoms with Crippen LogP contribution in [0, 0.1) is 18.8 Å². The Labute approximate surface area is 360 Å². The molecule has 0 atom stereocenters. The molecule has 0 saturated heterocycles. The number of nitrogens with zero attached hydrogens (tertiary/aromatic N) is 2. The molecule has 0 unspecified atom stereocenters. The third kappa shape index (κ3) is 18.5. The molecule has 0 aliphatic heterocycles. The van der Waals surface area contributed by atoms with Gasteiger partial charge in [0.25, 0.3) is 0 Å². The summed E-state index contributed by atoms with van der Waals surface area (Å²) in [5.41, 5.74) is 8.24. The van der Waals surface area contributed by atoms with Gasteiger partial charge in [-0.05, 0) is 144 Å². The summed E-state index contributed by atoms with van der Waals surface area (Å²) in [5, 5.41) is 0. The Morgan fingerprint density at radius 3 is 1.50 bits per heavy atom. The number of carbonyl (C=O) groups is 2. The molecule has 0 radical (unpaired) electrons. The van der Waals surface area contributed by atoms with Gasteiger partial charge in [0, 0.05) is 29.0 Å². The van der Waals surface area contributed by atoms with Gasteiger partial charge in [-0.1, -0.05) is 73.2 Å². The maximum atomic E-state index is 13.7. The van der Waals surface area contributed by atoms with Gasteiger partial charge in [0.15, 0.2) is 5.97 Å². The molecule has 6 nitrogen and oxygen atoms in total. The van der Waals surface area contributed by atoms with E-state index in [1.165, 1.54) is 52.0 Å². The van der Waals surface area contributed by atoms with Crippen molar-refractivity contribution in [2.24, 2.45) is 0 Å². The van der Waals surface area contributed by atoms with Gasteiger partial charge in [0.1, 0.15) is 11.2 Å². The molecule has 0 spiro atoms. The van der Waals surface area contributed by atoms with Crippen LogP contribution in [0.2, 0.25) is 0 Å². The molecule has 56 heavy (non-hydrogen) atoms. The number of halogens is 4. The number of carbonyl (C=O) groups excluding carboxylic acids is 2. The summed E-state index contributed by atoms with van der Waals surface area (Å²) in [4.78, 5) is 29.9. The predicted octanol–water partition coefficient (Wildman–Crippen LogP) is 13.4. The van der Waals surface area contributed by atoms with E-state index < -0.39 is 29.1 Å². The first-order chi connectivity index (χ1) is 25.5. The molecule has 4 aromatic rings. The minimum atomic E-state index is -0.540. The number of hydrogen-bond acceptors (Lipinski definition) is 6. The van der Waals surface area contributed by atoms with Crippen molar-refractivity contribution < 1.29 is 44.2 Å². The first-order valence-corrected chi connectivity index (χ1v) is 26.0. The van der Waals surface area contributed by atoms with E-state index >= 15 is 0 Å². The summed E-state index contributed by atoms with van der Waals surface area (Å²) < 4.78 is 38.3. The zero-order valence-electron chi connectivity index (χ0n) is 34.5. The van der Waals surface area contributed by atoms with E-state index in [4.69, 9.17) is 4.74 Å². The SMILES string of the molecule is C.CCc1cc(-c2ccnc(F)c2)c(Br)c(C(C)C)c1.CCc1cc(-c2ccnc(F)c2)c(CC(=O)OC(C)(C)C)c(C(C)C)c1.[CH2-]C(=O)OC(C)(C)C.[Zn+][Br]. The van der Waals surface area contributed by atoms with Gasteiger partial charge in [-0.25, -0.2) is 9.97 Å². The van der Waals surface area contributed by atoms with Gasteiger partial charge in [-0.3, -0.25) is 16.5 Å². The number of esters is 2. The molecule has 0 fully saturated rings. The number of hydrogen-bond donors (Lipinski definition) is 0. The predicted molar refractivity (Wildman–Crippen MR) is 230 cm³/mol. The molecule has 11 heteroatoms. The fourth-order valence-electron chi connectivity index (χ4n) is 5.48. The van der Waals surface area contributed by atoms with Crippen molar-refractivity contribution in [2.75, 3.05) is 0 Å². The van der Waals surface area contributed by atoms with Crippen LogP contribution >= 0.6 is 29.6 Å².